The highest BCUT2D eigenvalue weighted by atomic mass is 16.5. The fraction of sp³-hybridized carbons (Fsp3) is 0.400. The molecule has 5 heteroatoms. The van der Waals surface area contributed by atoms with E-state index in [0.29, 0.717) is 0 Å². The maximum atomic E-state index is 10.4. The highest BCUT2D eigenvalue weighted by Gasteiger charge is 1.96. The van der Waals surface area contributed by atoms with Gasteiger partial charge in [0.25, 0.3) is 0 Å². The summed E-state index contributed by atoms with van der Waals surface area (Å²) in [6.07, 6.45) is 4.77. The third-order valence-electron chi connectivity index (χ3n) is 0.580. The Hall–Kier alpha value is -1.66. The van der Waals surface area contributed by atoms with Crippen molar-refractivity contribution in [1.82, 2.24) is 0 Å². The van der Waals surface area contributed by atoms with Crippen molar-refractivity contribution < 1.29 is 9.53 Å². The van der Waals surface area contributed by atoms with Crippen LogP contribution in [0, 0.1) is 12.3 Å². The number of hydrogen-bond donors (Lipinski definition) is 0. The van der Waals surface area contributed by atoms with Crippen LogP contribution in [0.1, 0.15) is 0 Å². The van der Waals surface area contributed by atoms with E-state index in [4.69, 9.17) is 12.0 Å². The molecule has 0 amide bonds. The molecule has 0 saturated carbocycles. The van der Waals surface area contributed by atoms with E-state index in [1.54, 1.807) is 0 Å². The average Bonchev–Trinajstić information content (AvgIpc) is 1.97. The summed E-state index contributed by atoms with van der Waals surface area (Å²) in [4.78, 5) is 12.7. The first-order valence-corrected chi connectivity index (χ1v) is 2.41. The van der Waals surface area contributed by atoms with Gasteiger partial charge in [-0.1, -0.05) is 11.0 Å². The van der Waals surface area contributed by atoms with Gasteiger partial charge in [0, 0.05) is 4.91 Å². The van der Waals surface area contributed by atoms with Crippen LogP contribution in [0.15, 0.2) is 5.11 Å². The molecule has 0 unspecified atom stereocenters. The SMILES string of the molecule is C#CCOC(=O)CN=[N+]=[N-]. The van der Waals surface area contributed by atoms with Crippen molar-refractivity contribution in [2.45, 2.75) is 0 Å². The molecule has 0 spiro atoms. The lowest BCUT2D eigenvalue weighted by Gasteiger charge is -1.93. The molecule has 0 heterocycles. The van der Waals surface area contributed by atoms with Crippen molar-refractivity contribution >= 4 is 5.97 Å². The predicted octanol–water partition coefficient (Wildman–Crippen LogP) is 0.473. The molecule has 52 valence electrons. The van der Waals surface area contributed by atoms with Crippen LogP contribution in [-0.2, 0) is 9.53 Å². The van der Waals surface area contributed by atoms with Gasteiger partial charge in [-0.2, -0.15) is 0 Å². The molecule has 0 radical (unpaired) electrons. The number of terminal acetylenes is 1. The topological polar surface area (TPSA) is 75.1 Å². The van der Waals surface area contributed by atoms with Gasteiger partial charge >= 0.3 is 5.97 Å². The maximum absolute atomic E-state index is 10.4. The summed E-state index contributed by atoms with van der Waals surface area (Å²) < 4.78 is 4.35. The van der Waals surface area contributed by atoms with Gasteiger partial charge in [0.05, 0.1) is 0 Å². The summed E-state index contributed by atoms with van der Waals surface area (Å²) in [5.41, 5.74) is 7.75. The second-order valence-electron chi connectivity index (χ2n) is 1.25. The van der Waals surface area contributed by atoms with Gasteiger partial charge in [-0.15, -0.1) is 6.42 Å². The zero-order valence-corrected chi connectivity index (χ0v) is 5.15. The number of nitrogens with zero attached hydrogens (tertiary/aromatic N) is 3. The van der Waals surface area contributed by atoms with E-state index in [2.05, 4.69) is 20.7 Å². The Kier molecular flexibility index (Phi) is 4.57. The zero-order chi connectivity index (χ0) is 7.82. The summed E-state index contributed by atoms with van der Waals surface area (Å²) in [7, 11) is 0. The van der Waals surface area contributed by atoms with E-state index in [1.165, 1.54) is 0 Å². The van der Waals surface area contributed by atoms with Crippen molar-refractivity contribution in [1.29, 1.82) is 0 Å². The van der Waals surface area contributed by atoms with Crippen molar-refractivity contribution in [2.75, 3.05) is 13.2 Å². The lowest BCUT2D eigenvalue weighted by atomic mass is 10.7. The lowest BCUT2D eigenvalue weighted by Crippen LogP contribution is -2.07. The summed E-state index contributed by atoms with van der Waals surface area (Å²) in [6, 6.07) is 0. The highest BCUT2D eigenvalue weighted by Crippen LogP contribution is 1.78. The van der Waals surface area contributed by atoms with Crippen molar-refractivity contribution in [2.24, 2.45) is 5.11 Å². The van der Waals surface area contributed by atoms with Crippen LogP contribution in [0.3, 0.4) is 0 Å². The number of carbonyl (C=O) groups is 1. The Balaban J connectivity index is 3.46. The predicted molar refractivity (Wildman–Crippen MR) is 33.8 cm³/mol. The number of azide groups is 1. The number of carbonyl (C=O) groups excluding carboxylic acids is 1. The van der Waals surface area contributed by atoms with Gasteiger partial charge in [0.15, 0.2) is 6.61 Å². The van der Waals surface area contributed by atoms with E-state index in [9.17, 15) is 4.79 Å². The fourth-order valence-electron chi connectivity index (χ4n) is 0.257. The number of ether oxygens (including phenoxy) is 1. The van der Waals surface area contributed by atoms with Gasteiger partial charge in [0.1, 0.15) is 6.54 Å². The third kappa shape index (κ3) is 4.50. The van der Waals surface area contributed by atoms with Gasteiger partial charge in [-0.3, -0.25) is 4.79 Å². The molecule has 0 bridgehead atoms. The quantitative estimate of drug-likeness (QED) is 0.187. The van der Waals surface area contributed by atoms with Crippen molar-refractivity contribution in [3.8, 4) is 12.3 Å². The Labute approximate surface area is 57.6 Å². The van der Waals surface area contributed by atoms with Gasteiger partial charge in [-0.05, 0) is 5.53 Å². The zero-order valence-electron chi connectivity index (χ0n) is 5.15. The van der Waals surface area contributed by atoms with E-state index in [-0.39, 0.29) is 13.2 Å². The number of hydrogen-bond acceptors (Lipinski definition) is 3. The molecule has 0 aromatic rings. The summed E-state index contributed by atoms with van der Waals surface area (Å²) in [5.74, 6) is 1.48. The Morgan fingerprint density at radius 1 is 1.90 bits per heavy atom. The largest absolute Gasteiger partial charge is 0.452 e. The van der Waals surface area contributed by atoms with E-state index in [0.717, 1.165) is 0 Å². The first-order valence-electron chi connectivity index (χ1n) is 2.41. The van der Waals surface area contributed by atoms with Gasteiger partial charge < -0.3 is 4.74 Å². The summed E-state index contributed by atoms with van der Waals surface area (Å²) in [5, 5.41) is 2.96. The molecular weight excluding hydrogens is 134 g/mol. The molecule has 5 nitrogen and oxygen atoms in total. The number of rotatable bonds is 3. The van der Waals surface area contributed by atoms with E-state index in [1.807, 2.05) is 0 Å². The fourth-order valence-corrected chi connectivity index (χ4v) is 0.257. The van der Waals surface area contributed by atoms with Gasteiger partial charge in [-0.25, -0.2) is 0 Å². The Morgan fingerprint density at radius 2 is 2.60 bits per heavy atom. The van der Waals surface area contributed by atoms with Crippen LogP contribution >= 0.6 is 0 Å². The minimum atomic E-state index is -0.615. The van der Waals surface area contributed by atoms with E-state index < -0.39 is 5.97 Å². The van der Waals surface area contributed by atoms with Crippen LogP contribution in [-0.4, -0.2) is 19.1 Å². The Morgan fingerprint density at radius 3 is 3.10 bits per heavy atom. The van der Waals surface area contributed by atoms with Gasteiger partial charge in [0.2, 0.25) is 0 Å². The second-order valence-corrected chi connectivity index (χ2v) is 1.25. The smallest absolute Gasteiger partial charge is 0.312 e. The molecule has 10 heavy (non-hydrogen) atoms. The molecule has 0 aliphatic rings. The molecule has 0 aromatic heterocycles. The summed E-state index contributed by atoms with van der Waals surface area (Å²) in [6.45, 7) is -0.391. The third-order valence-corrected chi connectivity index (χ3v) is 0.580. The van der Waals surface area contributed by atoms with Crippen LogP contribution in [0.2, 0.25) is 0 Å². The molecule has 0 N–H and O–H groups in total. The molecular formula is C5H5N3O2. The minimum absolute atomic E-state index is 0.0835. The highest BCUT2D eigenvalue weighted by molar-refractivity contribution is 5.71. The van der Waals surface area contributed by atoms with Crippen LogP contribution in [0.5, 0.6) is 0 Å². The molecule has 0 atom stereocenters. The minimum Gasteiger partial charge on any atom is -0.452 e. The molecule has 0 aliphatic carbocycles. The average molecular weight is 139 g/mol. The Bertz CT molecular complexity index is 199. The van der Waals surface area contributed by atoms with E-state index >= 15 is 0 Å². The molecule has 0 saturated heterocycles. The lowest BCUT2D eigenvalue weighted by molar-refractivity contribution is -0.140. The molecule has 0 aromatic carbocycles. The molecule has 0 fully saturated rings. The second kappa shape index (κ2) is 5.48. The van der Waals surface area contributed by atoms with Crippen LogP contribution in [0.25, 0.3) is 10.4 Å². The van der Waals surface area contributed by atoms with Crippen LogP contribution < -0.4 is 0 Å². The standard InChI is InChI=1S/C5H5N3O2/c1-2-3-10-5(9)4-7-8-6/h1H,3-4H2. The van der Waals surface area contributed by atoms with Crippen molar-refractivity contribution in [3.63, 3.8) is 0 Å². The normalized spacial score (nSPS) is 7.10. The first kappa shape index (κ1) is 8.34. The molecule has 0 aliphatic heterocycles. The summed E-state index contributed by atoms with van der Waals surface area (Å²) >= 11 is 0. The van der Waals surface area contributed by atoms with Crippen molar-refractivity contribution in [3.05, 3.63) is 10.4 Å². The van der Waals surface area contributed by atoms with Crippen LogP contribution in [0.4, 0.5) is 0 Å². The first-order chi connectivity index (χ1) is 4.81. The number of esters is 1. The monoisotopic (exact) mass is 139 g/mol. The molecule has 0 rings (SSSR count). The maximum Gasteiger partial charge on any atom is 0.312 e.